The smallest absolute Gasteiger partial charge is 0.490 e. The fraction of sp³-hybridized carbons (Fsp3) is 0.409. The lowest BCUT2D eigenvalue weighted by Crippen LogP contribution is -2.26. The number of piperidine rings is 1. The number of carboxylic acids is 1. The van der Waals surface area contributed by atoms with Crippen molar-refractivity contribution in [2.45, 2.75) is 41.7 Å². The summed E-state index contributed by atoms with van der Waals surface area (Å²) in [4.78, 5) is 11.5. The second kappa shape index (κ2) is 11.3. The third-order valence-corrected chi connectivity index (χ3v) is 6.11. The van der Waals surface area contributed by atoms with Gasteiger partial charge in [-0.1, -0.05) is 11.8 Å². The fourth-order valence-corrected chi connectivity index (χ4v) is 4.25. The first kappa shape index (κ1) is 24.9. The van der Waals surface area contributed by atoms with Crippen LogP contribution in [0.15, 0.2) is 46.2 Å². The molecule has 0 atom stereocenters. The topological polar surface area (TPSA) is 67.8 Å². The van der Waals surface area contributed by atoms with Gasteiger partial charge in [0, 0.05) is 9.79 Å². The van der Waals surface area contributed by atoms with Crippen molar-refractivity contribution in [3.05, 3.63) is 47.5 Å². The Morgan fingerprint density at radius 1 is 1.03 bits per heavy atom. The molecular weight excluding hydrogens is 431 g/mol. The van der Waals surface area contributed by atoms with Crippen molar-refractivity contribution in [3.63, 3.8) is 0 Å². The van der Waals surface area contributed by atoms with Crippen molar-refractivity contribution in [3.8, 4) is 11.5 Å². The minimum atomic E-state index is -5.08. The molecule has 2 N–H and O–H groups in total. The molecular formula is C22H26F3NO4S. The van der Waals surface area contributed by atoms with E-state index in [9.17, 15) is 13.2 Å². The Hall–Kier alpha value is -2.39. The summed E-state index contributed by atoms with van der Waals surface area (Å²) >= 11 is 1.84. The van der Waals surface area contributed by atoms with E-state index >= 15 is 0 Å². The number of benzene rings is 2. The summed E-state index contributed by atoms with van der Waals surface area (Å²) in [7, 11) is 3.45. The molecule has 5 nitrogen and oxygen atoms in total. The Morgan fingerprint density at radius 3 is 2.03 bits per heavy atom. The van der Waals surface area contributed by atoms with Crippen LogP contribution < -0.4 is 14.8 Å². The molecule has 2 aromatic rings. The van der Waals surface area contributed by atoms with Gasteiger partial charge in [0.1, 0.15) is 11.5 Å². The molecule has 1 heterocycles. The number of nitrogens with one attached hydrogen (secondary N) is 1. The molecule has 0 aliphatic carbocycles. The summed E-state index contributed by atoms with van der Waals surface area (Å²) in [6, 6.07) is 12.8. The van der Waals surface area contributed by atoms with Gasteiger partial charge in [0.25, 0.3) is 0 Å². The van der Waals surface area contributed by atoms with Crippen LogP contribution in [0.25, 0.3) is 0 Å². The van der Waals surface area contributed by atoms with Crippen molar-refractivity contribution in [1.82, 2.24) is 5.32 Å². The van der Waals surface area contributed by atoms with Crippen molar-refractivity contribution in [2.24, 2.45) is 0 Å². The maximum Gasteiger partial charge on any atom is 0.490 e. The fourth-order valence-electron chi connectivity index (χ4n) is 3.18. The van der Waals surface area contributed by atoms with Crippen LogP contribution in [0.3, 0.4) is 0 Å². The van der Waals surface area contributed by atoms with E-state index in [0.29, 0.717) is 5.92 Å². The van der Waals surface area contributed by atoms with Gasteiger partial charge in [-0.05, 0) is 86.3 Å². The molecule has 1 aliphatic rings. The lowest BCUT2D eigenvalue weighted by Gasteiger charge is -2.25. The number of alkyl halides is 3. The number of ether oxygens (including phenoxy) is 2. The van der Waals surface area contributed by atoms with Crippen LogP contribution in [0.5, 0.6) is 11.5 Å². The molecule has 1 aliphatic heterocycles. The number of halogens is 3. The third-order valence-electron chi connectivity index (χ3n) is 4.84. The summed E-state index contributed by atoms with van der Waals surface area (Å²) in [5, 5.41) is 10.6. The van der Waals surface area contributed by atoms with Crippen LogP contribution in [-0.4, -0.2) is 44.6 Å². The first-order chi connectivity index (χ1) is 14.7. The second-order valence-electron chi connectivity index (χ2n) is 6.96. The number of methoxy groups -OCH3 is 2. The van der Waals surface area contributed by atoms with E-state index in [4.69, 9.17) is 19.4 Å². The van der Waals surface area contributed by atoms with E-state index in [1.165, 1.54) is 33.8 Å². The molecule has 31 heavy (non-hydrogen) atoms. The second-order valence-corrected chi connectivity index (χ2v) is 8.05. The maximum absolute atomic E-state index is 10.6. The Balaban J connectivity index is 0.000000423. The molecule has 1 saturated heterocycles. The Morgan fingerprint density at radius 2 is 1.55 bits per heavy atom. The summed E-state index contributed by atoms with van der Waals surface area (Å²) < 4.78 is 42.5. The first-order valence-corrected chi connectivity index (χ1v) is 10.5. The number of carboxylic acid groups (broad SMARTS) is 1. The molecule has 9 heteroatoms. The normalized spacial score (nSPS) is 14.4. The molecule has 0 bridgehead atoms. The Labute approximate surface area is 183 Å². The van der Waals surface area contributed by atoms with Crippen LogP contribution in [0.1, 0.15) is 29.9 Å². The first-order valence-electron chi connectivity index (χ1n) is 9.67. The van der Waals surface area contributed by atoms with Gasteiger partial charge in [-0.2, -0.15) is 13.2 Å². The molecule has 2 aromatic carbocycles. The minimum absolute atomic E-state index is 0.599. The predicted molar refractivity (Wildman–Crippen MR) is 113 cm³/mol. The van der Waals surface area contributed by atoms with Gasteiger partial charge in [-0.25, -0.2) is 4.79 Å². The van der Waals surface area contributed by atoms with Gasteiger partial charge >= 0.3 is 12.1 Å². The number of aliphatic carboxylic acids is 1. The number of hydrogen-bond acceptors (Lipinski definition) is 5. The molecule has 3 rings (SSSR count). The lowest BCUT2D eigenvalue weighted by molar-refractivity contribution is -0.192. The molecule has 0 radical (unpaired) electrons. The average molecular weight is 458 g/mol. The molecule has 0 aromatic heterocycles. The van der Waals surface area contributed by atoms with E-state index in [0.717, 1.165) is 24.6 Å². The van der Waals surface area contributed by atoms with Gasteiger partial charge in [0.15, 0.2) is 0 Å². The van der Waals surface area contributed by atoms with Gasteiger partial charge in [0.2, 0.25) is 0 Å². The Kier molecular flexibility index (Phi) is 9.06. The van der Waals surface area contributed by atoms with Crippen LogP contribution in [-0.2, 0) is 4.79 Å². The van der Waals surface area contributed by atoms with Crippen molar-refractivity contribution < 1.29 is 32.5 Å². The van der Waals surface area contributed by atoms with E-state index in [-0.39, 0.29) is 0 Å². The summed E-state index contributed by atoms with van der Waals surface area (Å²) in [5.74, 6) is -0.306. The van der Waals surface area contributed by atoms with Gasteiger partial charge < -0.3 is 19.9 Å². The summed E-state index contributed by atoms with van der Waals surface area (Å²) in [5.41, 5.74) is 2.66. The number of rotatable bonds is 5. The molecule has 0 saturated carbocycles. The molecule has 0 unspecified atom stereocenters. The summed E-state index contributed by atoms with van der Waals surface area (Å²) in [6.45, 7) is 4.32. The molecule has 170 valence electrons. The molecule has 1 fully saturated rings. The van der Waals surface area contributed by atoms with Crippen LogP contribution in [0.2, 0.25) is 0 Å². The molecule has 0 amide bonds. The number of carbonyl (C=O) groups is 1. The van der Waals surface area contributed by atoms with E-state index < -0.39 is 12.1 Å². The predicted octanol–water partition coefficient (Wildman–Crippen LogP) is 5.26. The van der Waals surface area contributed by atoms with Crippen molar-refractivity contribution >= 4 is 17.7 Å². The highest BCUT2D eigenvalue weighted by Gasteiger charge is 2.38. The third kappa shape index (κ3) is 7.36. The largest absolute Gasteiger partial charge is 0.497 e. The SMILES string of the molecule is COc1ccc(Sc2ccc(OC)cc2C2CCNCC2)c(C)c1.O=C(O)C(F)(F)F. The van der Waals surface area contributed by atoms with Gasteiger partial charge in [-0.3, -0.25) is 0 Å². The highest BCUT2D eigenvalue weighted by atomic mass is 32.2. The zero-order valence-corrected chi connectivity index (χ0v) is 18.4. The number of aryl methyl sites for hydroxylation is 1. The lowest BCUT2D eigenvalue weighted by atomic mass is 9.90. The van der Waals surface area contributed by atoms with Crippen molar-refractivity contribution in [1.29, 1.82) is 0 Å². The number of hydrogen-bond donors (Lipinski definition) is 2. The van der Waals surface area contributed by atoms with Gasteiger partial charge in [-0.15, -0.1) is 0 Å². The van der Waals surface area contributed by atoms with Crippen LogP contribution in [0, 0.1) is 6.92 Å². The Bertz CT molecular complexity index is 884. The average Bonchev–Trinajstić information content (AvgIpc) is 2.75. The van der Waals surface area contributed by atoms with E-state index in [1.807, 2.05) is 17.8 Å². The quantitative estimate of drug-likeness (QED) is 0.638. The van der Waals surface area contributed by atoms with Crippen LogP contribution in [0.4, 0.5) is 13.2 Å². The van der Waals surface area contributed by atoms with E-state index in [2.05, 4.69) is 42.6 Å². The van der Waals surface area contributed by atoms with Gasteiger partial charge in [0.05, 0.1) is 14.2 Å². The monoisotopic (exact) mass is 457 g/mol. The maximum atomic E-state index is 10.6. The minimum Gasteiger partial charge on any atom is -0.497 e. The van der Waals surface area contributed by atoms with Crippen molar-refractivity contribution in [2.75, 3.05) is 27.3 Å². The standard InChI is InChI=1S/C20H25NO2S.C2HF3O2/c1-14-12-16(22-2)4-6-19(14)24-20-7-5-17(23-3)13-18(20)15-8-10-21-11-9-15;3-2(4,5)1(6)7/h4-7,12-13,15,21H,8-11H2,1-3H3;(H,6,7). The summed E-state index contributed by atoms with van der Waals surface area (Å²) in [6.07, 6.45) is -2.72. The zero-order valence-electron chi connectivity index (χ0n) is 17.6. The van der Waals surface area contributed by atoms with E-state index in [1.54, 1.807) is 14.2 Å². The zero-order chi connectivity index (χ0) is 23.0. The van der Waals surface area contributed by atoms with Crippen LogP contribution >= 0.6 is 11.8 Å². The molecule has 0 spiro atoms. The highest BCUT2D eigenvalue weighted by Crippen LogP contribution is 2.40. The highest BCUT2D eigenvalue weighted by molar-refractivity contribution is 7.99.